The van der Waals surface area contributed by atoms with E-state index >= 15 is 0 Å². The maximum absolute atomic E-state index is 6.99. The van der Waals surface area contributed by atoms with Crippen LogP contribution in [-0.4, -0.2) is 0 Å². The van der Waals surface area contributed by atoms with Crippen molar-refractivity contribution < 1.29 is 4.42 Å². The third-order valence-electron chi connectivity index (χ3n) is 14.3. The Bertz CT molecular complexity index is 3600. The van der Waals surface area contributed by atoms with Crippen LogP contribution in [0.25, 0.3) is 66.1 Å². The van der Waals surface area contributed by atoms with Gasteiger partial charge in [0.05, 0.1) is 16.5 Å². The predicted octanol–water partition coefficient (Wildman–Crippen LogP) is 16.5. The molecule has 10 aromatic carbocycles. The molecule has 1 aromatic heterocycles. The summed E-state index contributed by atoms with van der Waals surface area (Å²) >= 11 is 0. The van der Waals surface area contributed by atoms with E-state index in [1.165, 1.54) is 72.1 Å². The Hall–Kier alpha value is -7.94. The Morgan fingerprint density at radius 2 is 0.969 bits per heavy atom. The third-order valence-corrected chi connectivity index (χ3v) is 14.3. The molecule has 0 bridgehead atoms. The minimum atomic E-state index is -0.453. The van der Waals surface area contributed by atoms with Crippen LogP contribution in [0, 0.1) is 0 Å². The molecule has 2 nitrogen and oxygen atoms in total. The van der Waals surface area contributed by atoms with Crippen LogP contribution in [0.3, 0.4) is 0 Å². The van der Waals surface area contributed by atoms with E-state index in [9.17, 15) is 0 Å². The first-order chi connectivity index (χ1) is 31.5. The zero-order valence-corrected chi connectivity index (χ0v) is 35.7. The number of benzene rings is 10. The van der Waals surface area contributed by atoms with Crippen LogP contribution in [0.4, 0.5) is 17.1 Å². The van der Waals surface area contributed by atoms with Gasteiger partial charge in [-0.05, 0) is 121 Å². The molecule has 302 valence electrons. The van der Waals surface area contributed by atoms with Crippen molar-refractivity contribution in [2.75, 3.05) is 4.90 Å². The lowest BCUT2D eigenvalue weighted by Gasteiger charge is -2.33. The zero-order valence-electron chi connectivity index (χ0n) is 35.7. The first kappa shape index (κ1) is 36.7. The Kier molecular flexibility index (Phi) is 7.90. The lowest BCUT2D eigenvalue weighted by molar-refractivity contribution is 0.660. The predicted molar refractivity (Wildman–Crippen MR) is 266 cm³/mol. The summed E-state index contributed by atoms with van der Waals surface area (Å²) in [5, 5.41) is 4.46. The molecule has 0 amide bonds. The van der Waals surface area contributed by atoms with Gasteiger partial charge in [-0.2, -0.15) is 0 Å². The van der Waals surface area contributed by atoms with E-state index in [0.29, 0.717) is 0 Å². The van der Waals surface area contributed by atoms with Gasteiger partial charge in [-0.25, -0.2) is 0 Å². The van der Waals surface area contributed by atoms with Crippen molar-refractivity contribution in [3.8, 4) is 33.4 Å². The molecule has 0 spiro atoms. The quantitative estimate of drug-likeness (QED) is 0.166. The van der Waals surface area contributed by atoms with Gasteiger partial charge in [-0.1, -0.05) is 190 Å². The van der Waals surface area contributed by atoms with Crippen molar-refractivity contribution in [3.05, 3.63) is 258 Å². The SMILES string of the molecule is CC1(C)c2ccccc2-c2ccc(N(c3ccccc3)c3cccc4oc5c6ccccc6c(-c6ccc7c(c6)-c6ccccc6C7(c6ccccc6)c6ccccc6)cc5c34)cc21. The van der Waals surface area contributed by atoms with Gasteiger partial charge in [0, 0.05) is 27.6 Å². The number of nitrogens with zero attached hydrogens (tertiary/aromatic N) is 1. The van der Waals surface area contributed by atoms with Gasteiger partial charge in [-0.15, -0.1) is 0 Å². The second-order valence-electron chi connectivity index (χ2n) is 18.0. The van der Waals surface area contributed by atoms with Gasteiger partial charge < -0.3 is 9.32 Å². The van der Waals surface area contributed by atoms with Gasteiger partial charge in [-0.3, -0.25) is 0 Å². The molecule has 0 saturated carbocycles. The fourth-order valence-corrected chi connectivity index (χ4v) is 11.5. The van der Waals surface area contributed by atoms with Gasteiger partial charge in [0.15, 0.2) is 0 Å². The Balaban J connectivity index is 1.05. The maximum atomic E-state index is 6.99. The smallest absolute Gasteiger partial charge is 0.143 e. The van der Waals surface area contributed by atoms with Crippen LogP contribution < -0.4 is 4.90 Å². The van der Waals surface area contributed by atoms with E-state index < -0.39 is 5.41 Å². The number of hydrogen-bond acceptors (Lipinski definition) is 2. The monoisotopic (exact) mass is 817 g/mol. The van der Waals surface area contributed by atoms with Gasteiger partial charge in [0.2, 0.25) is 0 Å². The summed E-state index contributed by atoms with van der Waals surface area (Å²) in [5.74, 6) is 0. The van der Waals surface area contributed by atoms with Crippen LogP contribution >= 0.6 is 0 Å². The molecule has 11 aromatic rings. The molecule has 2 aliphatic carbocycles. The molecule has 0 fully saturated rings. The van der Waals surface area contributed by atoms with Crippen molar-refractivity contribution in [3.63, 3.8) is 0 Å². The molecule has 0 N–H and O–H groups in total. The standard InChI is InChI=1S/C62H43NO/c1-61(2)53-29-16-14-26-46(53)48-35-34-44(38-56(48)61)63(43-23-10-5-11-24-43)57-31-18-32-58-59(57)52-39-50(45-25-12-13-28-49(45)60(52)64-58)40-33-36-55-51(37-40)47-27-15-17-30-54(47)62(55,41-19-6-3-7-20-41)42-21-8-4-9-22-42/h3-39H,1-2H3. The molecule has 2 aliphatic rings. The van der Waals surface area contributed by atoms with Gasteiger partial charge in [0.1, 0.15) is 11.2 Å². The molecule has 0 saturated heterocycles. The summed E-state index contributed by atoms with van der Waals surface area (Å²) in [6.45, 7) is 4.71. The third kappa shape index (κ3) is 5.08. The summed E-state index contributed by atoms with van der Waals surface area (Å²) < 4.78 is 6.99. The fraction of sp³-hybridized carbons (Fsp3) is 0.0645. The van der Waals surface area contributed by atoms with E-state index in [1.807, 2.05) is 0 Å². The van der Waals surface area contributed by atoms with Crippen LogP contribution in [-0.2, 0) is 10.8 Å². The second kappa shape index (κ2) is 13.8. The lowest BCUT2D eigenvalue weighted by Crippen LogP contribution is -2.28. The van der Waals surface area contributed by atoms with Crippen molar-refractivity contribution in [1.82, 2.24) is 0 Å². The highest BCUT2D eigenvalue weighted by Crippen LogP contribution is 2.57. The number of fused-ring (bicyclic) bond motifs is 11. The van der Waals surface area contributed by atoms with Crippen molar-refractivity contribution in [2.45, 2.75) is 24.7 Å². The molecule has 0 aliphatic heterocycles. The number of para-hydroxylation sites is 1. The van der Waals surface area contributed by atoms with Crippen LogP contribution in [0.2, 0.25) is 0 Å². The van der Waals surface area contributed by atoms with E-state index in [4.69, 9.17) is 4.42 Å². The number of anilines is 3. The normalized spacial score (nSPS) is 14.0. The summed E-state index contributed by atoms with van der Waals surface area (Å²) in [7, 11) is 0. The lowest BCUT2D eigenvalue weighted by atomic mass is 9.67. The molecule has 0 unspecified atom stereocenters. The second-order valence-corrected chi connectivity index (χ2v) is 18.0. The van der Waals surface area contributed by atoms with E-state index in [2.05, 4.69) is 243 Å². The van der Waals surface area contributed by atoms with Gasteiger partial charge in [0.25, 0.3) is 0 Å². The van der Waals surface area contributed by atoms with Crippen molar-refractivity contribution >= 4 is 49.8 Å². The Labute approximate surface area is 373 Å². The maximum Gasteiger partial charge on any atom is 0.143 e. The molecular weight excluding hydrogens is 775 g/mol. The highest BCUT2D eigenvalue weighted by atomic mass is 16.3. The van der Waals surface area contributed by atoms with Crippen LogP contribution in [0.1, 0.15) is 47.2 Å². The highest BCUT2D eigenvalue weighted by Gasteiger charge is 2.46. The zero-order chi connectivity index (χ0) is 42.6. The van der Waals surface area contributed by atoms with Gasteiger partial charge >= 0.3 is 0 Å². The van der Waals surface area contributed by atoms with Crippen LogP contribution in [0.15, 0.2) is 229 Å². The molecular formula is C62H43NO. The summed E-state index contributed by atoms with van der Waals surface area (Å²) in [6.07, 6.45) is 0. The average molecular weight is 818 g/mol. The largest absolute Gasteiger partial charge is 0.455 e. The molecule has 0 atom stereocenters. The van der Waals surface area contributed by atoms with E-state index in [-0.39, 0.29) is 5.41 Å². The number of hydrogen-bond donors (Lipinski definition) is 0. The Morgan fingerprint density at radius 3 is 1.70 bits per heavy atom. The van der Waals surface area contributed by atoms with Crippen molar-refractivity contribution in [1.29, 1.82) is 0 Å². The first-order valence-corrected chi connectivity index (χ1v) is 22.3. The average Bonchev–Trinajstić information content (AvgIpc) is 3.96. The van der Waals surface area contributed by atoms with E-state index in [0.717, 1.165) is 44.4 Å². The minimum absolute atomic E-state index is 0.134. The van der Waals surface area contributed by atoms with Crippen LogP contribution in [0.5, 0.6) is 0 Å². The molecule has 0 radical (unpaired) electrons. The van der Waals surface area contributed by atoms with E-state index in [1.54, 1.807) is 0 Å². The highest BCUT2D eigenvalue weighted by molar-refractivity contribution is 6.22. The fourth-order valence-electron chi connectivity index (χ4n) is 11.5. The summed E-state index contributed by atoms with van der Waals surface area (Å²) in [6, 6.07) is 82.6. The molecule has 2 heteroatoms. The summed E-state index contributed by atoms with van der Waals surface area (Å²) in [4.78, 5) is 2.42. The number of rotatable bonds is 6. The number of furan rings is 1. The molecule has 1 heterocycles. The molecule has 13 rings (SSSR count). The molecule has 64 heavy (non-hydrogen) atoms. The topological polar surface area (TPSA) is 16.4 Å². The van der Waals surface area contributed by atoms with Crippen molar-refractivity contribution in [2.24, 2.45) is 0 Å². The minimum Gasteiger partial charge on any atom is -0.455 e. The first-order valence-electron chi connectivity index (χ1n) is 22.3. The Morgan fingerprint density at radius 1 is 0.375 bits per heavy atom. The summed E-state index contributed by atoms with van der Waals surface area (Å²) in [5.41, 5.74) is 19.8.